The fourth-order valence-corrected chi connectivity index (χ4v) is 3.22. The van der Waals surface area contributed by atoms with Crippen molar-refractivity contribution in [3.05, 3.63) is 35.6 Å². The Kier molecular flexibility index (Phi) is 3.72. The Hall–Kier alpha value is -1.03. The van der Waals surface area contributed by atoms with E-state index in [1.807, 2.05) is 24.8 Å². The van der Waals surface area contributed by atoms with Crippen LogP contribution < -0.4 is 0 Å². The molecule has 0 aromatic heterocycles. The fraction of sp³-hybridized carbons (Fsp3) is 0.462. The standard InChI is InChI=1S/C13H16FNOS/c1-9(2)12(16)15-6-7-17-13(15)10-4-3-5-11(14)8-10/h3-5,8-9,13H,6-7H2,1-2H3/t13-/m1/s1. The van der Waals surface area contributed by atoms with E-state index in [0.29, 0.717) is 0 Å². The number of benzene rings is 1. The number of amides is 1. The van der Waals surface area contributed by atoms with Crippen molar-refractivity contribution in [3.63, 3.8) is 0 Å². The summed E-state index contributed by atoms with van der Waals surface area (Å²) in [5, 5.41) is -0.0272. The lowest BCUT2D eigenvalue weighted by Gasteiger charge is -2.25. The Morgan fingerprint density at radius 1 is 1.53 bits per heavy atom. The SMILES string of the molecule is CC(C)C(=O)N1CCS[C@@H]1c1cccc(F)c1. The number of rotatable bonds is 2. The lowest BCUT2D eigenvalue weighted by atomic mass is 10.1. The third-order valence-corrected chi connectivity index (χ3v) is 4.06. The van der Waals surface area contributed by atoms with Gasteiger partial charge in [0.05, 0.1) is 0 Å². The number of carbonyl (C=O) groups excluding carboxylic acids is 1. The molecule has 1 aliphatic rings. The van der Waals surface area contributed by atoms with Crippen LogP contribution in [-0.2, 0) is 4.79 Å². The van der Waals surface area contributed by atoms with Gasteiger partial charge in [-0.25, -0.2) is 4.39 Å². The zero-order chi connectivity index (χ0) is 12.4. The first-order valence-electron chi connectivity index (χ1n) is 5.77. The van der Waals surface area contributed by atoms with Gasteiger partial charge in [0.2, 0.25) is 5.91 Å². The maximum absolute atomic E-state index is 13.2. The average molecular weight is 253 g/mol. The van der Waals surface area contributed by atoms with Crippen molar-refractivity contribution < 1.29 is 9.18 Å². The van der Waals surface area contributed by atoms with Crippen LogP contribution in [0.15, 0.2) is 24.3 Å². The average Bonchev–Trinajstić information content (AvgIpc) is 2.76. The molecule has 1 saturated heterocycles. The van der Waals surface area contributed by atoms with Gasteiger partial charge in [0, 0.05) is 18.2 Å². The summed E-state index contributed by atoms with van der Waals surface area (Å²) >= 11 is 1.70. The Morgan fingerprint density at radius 3 is 2.94 bits per heavy atom. The van der Waals surface area contributed by atoms with Crippen LogP contribution in [0.3, 0.4) is 0 Å². The quantitative estimate of drug-likeness (QED) is 0.807. The van der Waals surface area contributed by atoms with Crippen molar-refractivity contribution in [1.82, 2.24) is 4.90 Å². The Morgan fingerprint density at radius 2 is 2.29 bits per heavy atom. The van der Waals surface area contributed by atoms with Gasteiger partial charge in [0.25, 0.3) is 0 Å². The molecule has 0 spiro atoms. The summed E-state index contributed by atoms with van der Waals surface area (Å²) in [4.78, 5) is 13.9. The summed E-state index contributed by atoms with van der Waals surface area (Å²) in [6.45, 7) is 4.55. The van der Waals surface area contributed by atoms with E-state index in [4.69, 9.17) is 0 Å². The molecule has 92 valence electrons. The molecule has 17 heavy (non-hydrogen) atoms. The van der Waals surface area contributed by atoms with E-state index in [0.717, 1.165) is 17.9 Å². The van der Waals surface area contributed by atoms with E-state index in [1.54, 1.807) is 17.8 Å². The van der Waals surface area contributed by atoms with Crippen LogP contribution >= 0.6 is 11.8 Å². The van der Waals surface area contributed by atoms with Crippen LogP contribution in [0, 0.1) is 11.7 Å². The van der Waals surface area contributed by atoms with E-state index in [2.05, 4.69) is 0 Å². The summed E-state index contributed by atoms with van der Waals surface area (Å²) in [7, 11) is 0. The zero-order valence-corrected chi connectivity index (χ0v) is 10.8. The predicted octanol–water partition coefficient (Wildman–Crippen LogP) is 3.06. The van der Waals surface area contributed by atoms with Crippen LogP contribution in [0.5, 0.6) is 0 Å². The van der Waals surface area contributed by atoms with Gasteiger partial charge in [-0.15, -0.1) is 11.8 Å². The molecule has 1 aromatic carbocycles. The van der Waals surface area contributed by atoms with Crippen LogP contribution in [0.1, 0.15) is 24.8 Å². The molecule has 0 N–H and O–H groups in total. The minimum atomic E-state index is -0.244. The topological polar surface area (TPSA) is 20.3 Å². The molecular weight excluding hydrogens is 237 g/mol. The highest BCUT2D eigenvalue weighted by Crippen LogP contribution is 2.38. The van der Waals surface area contributed by atoms with Gasteiger partial charge in [-0.05, 0) is 17.7 Å². The molecule has 1 amide bonds. The number of hydrogen-bond acceptors (Lipinski definition) is 2. The zero-order valence-electron chi connectivity index (χ0n) is 10.0. The number of carbonyl (C=O) groups is 1. The molecule has 1 aliphatic heterocycles. The summed E-state index contributed by atoms with van der Waals surface area (Å²) in [5.41, 5.74) is 0.876. The molecule has 2 nitrogen and oxygen atoms in total. The van der Waals surface area contributed by atoms with Crippen LogP contribution in [0.25, 0.3) is 0 Å². The second-order valence-electron chi connectivity index (χ2n) is 4.46. The minimum absolute atomic E-state index is 0.00948. The van der Waals surface area contributed by atoms with Crippen LogP contribution in [0.2, 0.25) is 0 Å². The van der Waals surface area contributed by atoms with Crippen LogP contribution in [-0.4, -0.2) is 23.1 Å². The molecule has 1 aromatic rings. The van der Waals surface area contributed by atoms with E-state index < -0.39 is 0 Å². The first kappa shape index (κ1) is 12.4. The van der Waals surface area contributed by atoms with Gasteiger partial charge in [0.15, 0.2) is 0 Å². The highest BCUT2D eigenvalue weighted by atomic mass is 32.2. The number of thioether (sulfide) groups is 1. The molecule has 0 unspecified atom stereocenters. The fourth-order valence-electron chi connectivity index (χ4n) is 1.96. The minimum Gasteiger partial charge on any atom is -0.326 e. The summed E-state index contributed by atoms with van der Waals surface area (Å²) in [6, 6.07) is 6.52. The van der Waals surface area contributed by atoms with Gasteiger partial charge in [-0.1, -0.05) is 26.0 Å². The van der Waals surface area contributed by atoms with Gasteiger partial charge < -0.3 is 4.90 Å². The van der Waals surface area contributed by atoms with Crippen molar-refractivity contribution in [2.75, 3.05) is 12.3 Å². The summed E-state index contributed by atoms with van der Waals surface area (Å²) < 4.78 is 13.2. The number of nitrogens with zero attached hydrogens (tertiary/aromatic N) is 1. The monoisotopic (exact) mass is 253 g/mol. The Bertz CT molecular complexity index is 422. The van der Waals surface area contributed by atoms with Gasteiger partial charge in [-0.3, -0.25) is 4.79 Å². The summed E-state index contributed by atoms with van der Waals surface area (Å²) in [6.07, 6.45) is 0. The lowest BCUT2D eigenvalue weighted by molar-refractivity contribution is -0.134. The number of halogens is 1. The molecule has 0 aliphatic carbocycles. The van der Waals surface area contributed by atoms with Gasteiger partial charge in [-0.2, -0.15) is 0 Å². The third-order valence-electron chi connectivity index (χ3n) is 2.80. The Balaban J connectivity index is 2.23. The molecule has 0 bridgehead atoms. The van der Waals surface area contributed by atoms with Crippen LogP contribution in [0.4, 0.5) is 4.39 Å². The molecule has 1 atom stereocenters. The normalized spacial score (nSPS) is 20.0. The first-order valence-corrected chi connectivity index (χ1v) is 6.82. The van der Waals surface area contributed by atoms with Crippen molar-refractivity contribution in [2.24, 2.45) is 5.92 Å². The van der Waals surface area contributed by atoms with Crippen molar-refractivity contribution in [1.29, 1.82) is 0 Å². The predicted molar refractivity (Wildman–Crippen MR) is 68.2 cm³/mol. The number of hydrogen-bond donors (Lipinski definition) is 0. The highest BCUT2D eigenvalue weighted by molar-refractivity contribution is 7.99. The second-order valence-corrected chi connectivity index (χ2v) is 5.65. The van der Waals surface area contributed by atoms with Crippen molar-refractivity contribution in [3.8, 4) is 0 Å². The molecule has 0 saturated carbocycles. The largest absolute Gasteiger partial charge is 0.326 e. The molecule has 2 rings (SSSR count). The molecular formula is C13H16FNOS. The lowest BCUT2D eigenvalue weighted by Crippen LogP contribution is -2.33. The maximum atomic E-state index is 13.2. The van der Waals surface area contributed by atoms with E-state index in [9.17, 15) is 9.18 Å². The molecule has 1 heterocycles. The van der Waals surface area contributed by atoms with Gasteiger partial charge in [0.1, 0.15) is 11.2 Å². The summed E-state index contributed by atoms with van der Waals surface area (Å²) in [5.74, 6) is 0.806. The molecule has 4 heteroatoms. The first-order chi connectivity index (χ1) is 8.09. The van der Waals surface area contributed by atoms with Gasteiger partial charge >= 0.3 is 0 Å². The van der Waals surface area contributed by atoms with E-state index in [1.165, 1.54) is 12.1 Å². The van der Waals surface area contributed by atoms with E-state index >= 15 is 0 Å². The smallest absolute Gasteiger partial charge is 0.226 e. The molecule has 1 fully saturated rings. The van der Waals surface area contributed by atoms with E-state index in [-0.39, 0.29) is 23.0 Å². The third kappa shape index (κ3) is 2.63. The second kappa shape index (κ2) is 5.08. The Labute approximate surface area is 105 Å². The highest BCUT2D eigenvalue weighted by Gasteiger charge is 2.31. The van der Waals surface area contributed by atoms with Crippen molar-refractivity contribution in [2.45, 2.75) is 19.2 Å². The van der Waals surface area contributed by atoms with Crippen molar-refractivity contribution >= 4 is 17.7 Å². The maximum Gasteiger partial charge on any atom is 0.226 e. The molecule has 0 radical (unpaired) electrons.